The van der Waals surface area contributed by atoms with E-state index in [9.17, 15) is 30.4 Å². The van der Waals surface area contributed by atoms with Crippen molar-refractivity contribution in [1.29, 1.82) is 0 Å². The highest BCUT2D eigenvalue weighted by Gasteiger charge is 2.34. The zero-order valence-electron chi connectivity index (χ0n) is 11.8. The van der Waals surface area contributed by atoms with Gasteiger partial charge in [-0.25, -0.2) is 12.6 Å². The van der Waals surface area contributed by atoms with E-state index in [1.165, 1.54) is 12.1 Å². The number of anilines is 1. The monoisotopic (exact) mass is 433 g/mol. The summed E-state index contributed by atoms with van der Waals surface area (Å²) in [6.45, 7) is 0. The van der Waals surface area contributed by atoms with Gasteiger partial charge in [-0.2, -0.15) is 13.2 Å². The fourth-order valence-corrected chi connectivity index (χ4v) is 4.16. The summed E-state index contributed by atoms with van der Waals surface area (Å²) in [5, 5.41) is -0.848. The molecule has 0 amide bonds. The summed E-state index contributed by atoms with van der Waals surface area (Å²) in [5.41, 5.74) is -1.66. The Morgan fingerprint density at radius 1 is 1.08 bits per heavy atom. The van der Waals surface area contributed by atoms with Gasteiger partial charge in [0.1, 0.15) is 4.90 Å². The van der Waals surface area contributed by atoms with E-state index in [4.69, 9.17) is 23.2 Å². The van der Waals surface area contributed by atoms with Crippen LogP contribution in [0.25, 0.3) is 0 Å². The summed E-state index contributed by atoms with van der Waals surface area (Å²) in [4.78, 5) is -1.14. The Hall–Kier alpha value is -1.33. The van der Waals surface area contributed by atoms with E-state index in [0.29, 0.717) is 6.07 Å². The Morgan fingerprint density at radius 3 is 2.28 bits per heavy atom. The van der Waals surface area contributed by atoms with E-state index in [0.717, 1.165) is 18.2 Å². The highest BCUT2D eigenvalue weighted by molar-refractivity contribution is 7.92. The van der Waals surface area contributed by atoms with Crippen LogP contribution in [0.4, 0.5) is 18.9 Å². The first kappa shape index (κ1) is 20.0. The van der Waals surface area contributed by atoms with Gasteiger partial charge in [0.25, 0.3) is 10.0 Å². The van der Waals surface area contributed by atoms with E-state index in [2.05, 4.69) is 0 Å². The fourth-order valence-electron chi connectivity index (χ4n) is 1.86. The lowest BCUT2D eigenvalue weighted by Crippen LogP contribution is -2.16. The molecule has 1 atom stereocenters. The largest absolute Gasteiger partial charge is 0.417 e. The van der Waals surface area contributed by atoms with Gasteiger partial charge in [-0.3, -0.25) is 4.72 Å². The zero-order chi connectivity index (χ0) is 19.0. The van der Waals surface area contributed by atoms with Crippen molar-refractivity contribution in [3.63, 3.8) is 0 Å². The molecule has 25 heavy (non-hydrogen) atoms. The van der Waals surface area contributed by atoms with E-state index in [-0.39, 0.29) is 10.7 Å². The molecule has 1 unspecified atom stereocenters. The second-order valence-electron chi connectivity index (χ2n) is 4.61. The minimum atomic E-state index is -4.85. The van der Waals surface area contributed by atoms with Crippen LogP contribution in [-0.4, -0.2) is 17.2 Å². The second kappa shape index (κ2) is 7.12. The maximum absolute atomic E-state index is 12.9. The van der Waals surface area contributed by atoms with E-state index in [1.54, 1.807) is 0 Å². The van der Waals surface area contributed by atoms with Crippen LogP contribution >= 0.6 is 23.2 Å². The molecular weight excluding hydrogens is 426 g/mol. The summed E-state index contributed by atoms with van der Waals surface area (Å²) >= 11 is 8.58. The molecule has 0 bridgehead atoms. The lowest BCUT2D eigenvalue weighted by Gasteiger charge is -2.14. The van der Waals surface area contributed by atoms with E-state index >= 15 is 0 Å². The highest BCUT2D eigenvalue weighted by Crippen LogP contribution is 2.36. The second-order valence-corrected chi connectivity index (χ2v) is 8.01. The number of sulfonamides is 1. The average Bonchev–Trinajstić information content (AvgIpc) is 2.45. The molecule has 136 valence electrons. The van der Waals surface area contributed by atoms with Gasteiger partial charge in [0.15, 0.2) is 11.1 Å². The van der Waals surface area contributed by atoms with Gasteiger partial charge >= 0.3 is 6.18 Å². The Bertz CT molecular complexity index is 949. The Morgan fingerprint density at radius 2 is 1.72 bits per heavy atom. The number of hydrogen-bond acceptors (Lipinski definition) is 3. The van der Waals surface area contributed by atoms with Gasteiger partial charge in [0.2, 0.25) is 0 Å². The summed E-state index contributed by atoms with van der Waals surface area (Å²) in [7, 11) is -4.50. The molecule has 0 heterocycles. The molecule has 0 fully saturated rings. The number of rotatable bonds is 4. The fraction of sp³-hybridized carbons (Fsp3) is 0.0769. The summed E-state index contributed by atoms with van der Waals surface area (Å²) in [6, 6.07) is 5.74. The van der Waals surface area contributed by atoms with Gasteiger partial charge in [-0.1, -0.05) is 29.3 Å². The van der Waals surface area contributed by atoms with Crippen LogP contribution in [-0.2, 0) is 27.3 Å². The van der Waals surface area contributed by atoms with Gasteiger partial charge < -0.3 is 4.55 Å². The minimum absolute atomic E-state index is 0.187. The van der Waals surface area contributed by atoms with E-state index < -0.39 is 47.7 Å². The molecule has 0 aliphatic heterocycles. The molecule has 0 saturated carbocycles. The van der Waals surface area contributed by atoms with Crippen LogP contribution in [0.1, 0.15) is 5.56 Å². The molecule has 5 nitrogen and oxygen atoms in total. The molecule has 2 aromatic carbocycles. The third-order valence-corrected chi connectivity index (χ3v) is 5.85. The van der Waals surface area contributed by atoms with Crippen LogP contribution in [0.5, 0.6) is 0 Å². The first-order chi connectivity index (χ1) is 11.4. The van der Waals surface area contributed by atoms with Crippen LogP contribution in [0.3, 0.4) is 0 Å². The number of alkyl halides is 3. The molecule has 0 spiro atoms. The zero-order valence-corrected chi connectivity index (χ0v) is 15.0. The molecular formula is C13H8Cl2F3NO4S2. The number of hydrogen-bond donors (Lipinski definition) is 2. The Kier molecular flexibility index (Phi) is 5.69. The van der Waals surface area contributed by atoms with Crippen molar-refractivity contribution in [3.8, 4) is 0 Å². The van der Waals surface area contributed by atoms with Gasteiger partial charge in [-0.05, 0) is 30.3 Å². The molecule has 12 heteroatoms. The van der Waals surface area contributed by atoms with Crippen molar-refractivity contribution in [2.24, 2.45) is 0 Å². The summed E-state index contributed by atoms with van der Waals surface area (Å²) in [6.07, 6.45) is -4.85. The van der Waals surface area contributed by atoms with Crippen molar-refractivity contribution in [3.05, 3.63) is 52.0 Å². The highest BCUT2D eigenvalue weighted by atomic mass is 35.5. The molecule has 2 N–H and O–H groups in total. The van der Waals surface area contributed by atoms with Crippen molar-refractivity contribution < 1.29 is 30.4 Å². The van der Waals surface area contributed by atoms with Crippen molar-refractivity contribution in [2.75, 3.05) is 4.72 Å². The maximum Gasteiger partial charge on any atom is 0.417 e. The molecule has 0 aliphatic rings. The maximum atomic E-state index is 12.9. The minimum Gasteiger partial charge on any atom is -0.302 e. The molecule has 0 aromatic heterocycles. The Labute approximate surface area is 153 Å². The number of nitrogens with one attached hydrogen (secondary N) is 1. The van der Waals surface area contributed by atoms with Crippen molar-refractivity contribution >= 4 is 50.0 Å². The molecule has 0 saturated heterocycles. The number of benzene rings is 2. The van der Waals surface area contributed by atoms with Gasteiger partial charge in [0, 0.05) is 0 Å². The first-order valence-electron chi connectivity index (χ1n) is 6.22. The van der Waals surface area contributed by atoms with Gasteiger partial charge in [0.05, 0.1) is 26.2 Å². The standard InChI is InChI=1S/C13H8Cl2F3NO4S2/c14-9-5-4-7(6-8(9)13(16,17)18)25(22,23)19-11-3-1-2-10(15)12(11)24(20)21/h1-6,19H,(H,20,21). The smallest absolute Gasteiger partial charge is 0.302 e. The van der Waals surface area contributed by atoms with Crippen molar-refractivity contribution in [1.82, 2.24) is 0 Å². The van der Waals surface area contributed by atoms with Crippen LogP contribution in [0.15, 0.2) is 46.2 Å². The third kappa shape index (κ3) is 4.45. The molecule has 0 radical (unpaired) electrons. The van der Waals surface area contributed by atoms with Crippen LogP contribution in [0.2, 0.25) is 10.0 Å². The lowest BCUT2D eigenvalue weighted by molar-refractivity contribution is -0.137. The van der Waals surface area contributed by atoms with Gasteiger partial charge in [-0.15, -0.1) is 0 Å². The predicted octanol–water partition coefficient (Wildman–Crippen LogP) is 4.39. The molecule has 2 rings (SSSR count). The third-order valence-electron chi connectivity index (χ3n) is 2.94. The normalized spacial score (nSPS) is 13.5. The van der Waals surface area contributed by atoms with Crippen LogP contribution < -0.4 is 4.72 Å². The lowest BCUT2D eigenvalue weighted by atomic mass is 10.2. The van der Waals surface area contributed by atoms with E-state index in [1.807, 2.05) is 4.72 Å². The van der Waals surface area contributed by atoms with Crippen LogP contribution in [0, 0.1) is 0 Å². The average molecular weight is 434 g/mol. The number of halogens is 5. The molecule has 2 aromatic rings. The first-order valence-corrected chi connectivity index (χ1v) is 9.57. The summed E-state index contributed by atoms with van der Waals surface area (Å²) in [5.74, 6) is 0. The quantitative estimate of drug-likeness (QED) is 0.700. The SMILES string of the molecule is O=S(O)c1c(Cl)cccc1NS(=O)(=O)c1ccc(Cl)c(C(F)(F)F)c1. The summed E-state index contributed by atoms with van der Waals surface area (Å²) < 4.78 is 85.8. The topological polar surface area (TPSA) is 83.5 Å². The van der Waals surface area contributed by atoms with Crippen molar-refractivity contribution in [2.45, 2.75) is 16.0 Å². The Balaban J connectivity index is 2.52. The molecule has 0 aliphatic carbocycles. The predicted molar refractivity (Wildman–Crippen MR) is 87.8 cm³/mol.